The first-order valence-electron chi connectivity index (χ1n) is 5.40. The zero-order valence-corrected chi connectivity index (χ0v) is 15.1. The van der Waals surface area contributed by atoms with Crippen molar-refractivity contribution in [2.45, 2.75) is 25.4 Å². The van der Waals surface area contributed by atoms with Gasteiger partial charge in [-0.15, -0.1) is 0 Å². The van der Waals surface area contributed by atoms with E-state index in [1.54, 1.807) is 28.7 Å². The van der Waals surface area contributed by atoms with Crippen LogP contribution in [-0.2, 0) is 9.53 Å². The predicted octanol–water partition coefficient (Wildman–Crippen LogP) is 1.92. The number of alkyl halides is 2. The van der Waals surface area contributed by atoms with Gasteiger partial charge in [-0.1, -0.05) is 0 Å². The Bertz CT molecular complexity index is 602. The maximum atomic E-state index is 13.5. The number of halogens is 4. The minimum Gasteiger partial charge on any atom is -0.544 e. The second-order valence-electron chi connectivity index (χ2n) is 4.55. The Balaban J connectivity index is 3.15. The largest absolute Gasteiger partial charge is 0.544 e. The highest BCUT2D eigenvalue weighted by molar-refractivity contribution is 14.1. The lowest BCUT2D eigenvalue weighted by atomic mass is 10.0. The molecule has 0 saturated heterocycles. The Hall–Kier alpha value is -0.720. The number of ether oxygens (including phenoxy) is 1. The van der Waals surface area contributed by atoms with Crippen LogP contribution in [0.25, 0.3) is 0 Å². The lowest BCUT2D eigenvalue weighted by Gasteiger charge is -2.34. The van der Waals surface area contributed by atoms with Crippen LogP contribution in [0.5, 0.6) is 5.75 Å². The number of phenolic OH excluding ortho intramolecular Hbond substituents is 1. The van der Waals surface area contributed by atoms with Gasteiger partial charge < -0.3 is 19.7 Å². The van der Waals surface area contributed by atoms with Crippen LogP contribution in [0.2, 0.25) is 0 Å². The van der Waals surface area contributed by atoms with E-state index in [0.29, 0.717) is 7.14 Å². The molecule has 0 saturated carbocycles. The van der Waals surface area contributed by atoms with Gasteiger partial charge in [-0.25, -0.2) is 4.79 Å². The van der Waals surface area contributed by atoms with Crippen LogP contribution in [0.15, 0.2) is 12.1 Å². The molecular weight excluding hydrogens is 516 g/mol. The molecule has 1 aromatic carbocycles. The predicted molar refractivity (Wildman–Crippen MR) is 83.0 cm³/mol. The number of rotatable bonds is 4. The van der Waals surface area contributed by atoms with Gasteiger partial charge >= 0.3 is 11.9 Å². The van der Waals surface area contributed by atoms with Crippen LogP contribution < -0.4 is 5.11 Å². The number of aromatic hydroxyl groups is 1. The van der Waals surface area contributed by atoms with Crippen molar-refractivity contribution in [2.75, 3.05) is 0 Å². The Morgan fingerprint density at radius 1 is 1.29 bits per heavy atom. The van der Waals surface area contributed by atoms with Crippen LogP contribution in [0, 0.1) is 7.14 Å². The number of hydrogen-bond donors (Lipinski definition) is 1. The second kappa shape index (κ2) is 6.18. The SMILES string of the molecule is CC(C)(OC(=O)c1cc(I)cc(I)c1O)C(F)(F)C(=O)[O-]. The summed E-state index contributed by atoms with van der Waals surface area (Å²) >= 11 is 3.63. The van der Waals surface area contributed by atoms with E-state index in [2.05, 4.69) is 4.74 Å². The third-order valence-corrected chi connectivity index (χ3v) is 4.05. The van der Waals surface area contributed by atoms with Crippen molar-refractivity contribution >= 4 is 57.1 Å². The average molecular weight is 525 g/mol. The molecule has 0 atom stereocenters. The van der Waals surface area contributed by atoms with Crippen molar-refractivity contribution < 1.29 is 33.3 Å². The summed E-state index contributed by atoms with van der Waals surface area (Å²) in [7, 11) is 0. The first-order chi connectivity index (χ1) is 9.40. The van der Waals surface area contributed by atoms with Gasteiger partial charge in [-0.05, 0) is 71.2 Å². The summed E-state index contributed by atoms with van der Waals surface area (Å²) in [5.74, 6) is -8.71. The molecule has 21 heavy (non-hydrogen) atoms. The molecule has 5 nitrogen and oxygen atoms in total. The Kier molecular flexibility index (Phi) is 5.40. The van der Waals surface area contributed by atoms with Gasteiger partial charge in [0.05, 0.1) is 3.57 Å². The molecule has 0 aliphatic carbocycles. The van der Waals surface area contributed by atoms with Crippen LogP contribution in [0.4, 0.5) is 8.78 Å². The highest BCUT2D eigenvalue weighted by Gasteiger charge is 2.51. The number of carbonyl (C=O) groups is 2. The third-order valence-electron chi connectivity index (χ3n) is 2.61. The number of benzene rings is 1. The van der Waals surface area contributed by atoms with Gasteiger partial charge in [-0.2, -0.15) is 8.78 Å². The topological polar surface area (TPSA) is 86.7 Å². The number of esters is 1. The molecule has 0 bridgehead atoms. The molecule has 0 spiro atoms. The fourth-order valence-electron chi connectivity index (χ4n) is 1.32. The van der Waals surface area contributed by atoms with Gasteiger partial charge in [0, 0.05) is 3.57 Å². The lowest BCUT2D eigenvalue weighted by Crippen LogP contribution is -2.57. The maximum Gasteiger partial charge on any atom is 0.342 e. The molecule has 0 heterocycles. The van der Waals surface area contributed by atoms with Gasteiger partial charge in [0.15, 0.2) is 5.60 Å². The van der Waals surface area contributed by atoms with E-state index in [1.807, 2.05) is 22.6 Å². The van der Waals surface area contributed by atoms with E-state index in [0.717, 1.165) is 13.8 Å². The maximum absolute atomic E-state index is 13.5. The molecule has 0 aromatic heterocycles. The van der Waals surface area contributed by atoms with Crippen molar-refractivity contribution in [3.63, 3.8) is 0 Å². The standard InChI is InChI=1S/C12H10F2I2O5/c1-11(2,12(13,14)10(19)20)21-9(18)6-3-5(15)4-7(16)8(6)17/h3-4,17H,1-2H3,(H,19,20)/p-1. The van der Waals surface area contributed by atoms with E-state index in [1.165, 1.54) is 6.07 Å². The first-order valence-corrected chi connectivity index (χ1v) is 7.56. The third kappa shape index (κ3) is 3.73. The number of phenols is 1. The van der Waals surface area contributed by atoms with Crippen molar-refractivity contribution in [1.29, 1.82) is 0 Å². The van der Waals surface area contributed by atoms with E-state index >= 15 is 0 Å². The zero-order chi connectivity index (χ0) is 16.6. The molecule has 1 aromatic rings. The summed E-state index contributed by atoms with van der Waals surface area (Å²) in [6.07, 6.45) is 0. The molecule has 0 amide bonds. The number of hydrogen-bond acceptors (Lipinski definition) is 5. The molecule has 0 radical (unpaired) electrons. The quantitative estimate of drug-likeness (QED) is 0.480. The zero-order valence-electron chi connectivity index (χ0n) is 10.7. The molecule has 1 rings (SSSR count). The number of aliphatic carboxylic acids is 1. The van der Waals surface area contributed by atoms with Crippen molar-refractivity contribution in [2.24, 2.45) is 0 Å². The summed E-state index contributed by atoms with van der Waals surface area (Å²) in [6.45, 7) is 1.49. The normalized spacial score (nSPS) is 12.1. The smallest absolute Gasteiger partial charge is 0.342 e. The minimum atomic E-state index is -4.38. The summed E-state index contributed by atoms with van der Waals surface area (Å²) in [5.41, 5.74) is -2.96. The molecule has 0 unspecified atom stereocenters. The number of carboxylic acid groups (broad SMARTS) is 1. The van der Waals surface area contributed by atoms with Gasteiger partial charge in [0.2, 0.25) is 0 Å². The summed E-state index contributed by atoms with van der Waals surface area (Å²) in [5, 5.41) is 20.2. The molecule has 9 heteroatoms. The summed E-state index contributed by atoms with van der Waals surface area (Å²) < 4.78 is 32.4. The van der Waals surface area contributed by atoms with E-state index in [4.69, 9.17) is 0 Å². The van der Waals surface area contributed by atoms with E-state index in [-0.39, 0.29) is 5.56 Å². The molecule has 116 valence electrons. The molecule has 0 fully saturated rings. The fraction of sp³-hybridized carbons (Fsp3) is 0.333. The summed E-state index contributed by atoms with van der Waals surface area (Å²) in [6, 6.07) is 2.81. The van der Waals surface area contributed by atoms with Crippen molar-refractivity contribution in [1.82, 2.24) is 0 Å². The minimum absolute atomic E-state index is 0.325. The first kappa shape index (κ1) is 18.3. The highest BCUT2D eigenvalue weighted by atomic mass is 127. The van der Waals surface area contributed by atoms with Crippen LogP contribution in [0.3, 0.4) is 0 Å². The van der Waals surface area contributed by atoms with Gasteiger partial charge in [0.1, 0.15) is 17.3 Å². The van der Waals surface area contributed by atoms with Crippen LogP contribution in [0.1, 0.15) is 24.2 Å². The average Bonchev–Trinajstić information content (AvgIpc) is 2.32. The van der Waals surface area contributed by atoms with E-state index < -0.39 is 29.2 Å². The van der Waals surface area contributed by atoms with Gasteiger partial charge in [-0.3, -0.25) is 0 Å². The Labute approximate surface area is 146 Å². The number of carboxylic acids is 1. The highest BCUT2D eigenvalue weighted by Crippen LogP contribution is 2.34. The Morgan fingerprint density at radius 2 is 1.81 bits per heavy atom. The fourth-order valence-corrected chi connectivity index (χ4v) is 3.16. The number of carbonyl (C=O) groups excluding carboxylic acids is 2. The van der Waals surface area contributed by atoms with Gasteiger partial charge in [0.25, 0.3) is 0 Å². The molecule has 0 aliphatic heterocycles. The monoisotopic (exact) mass is 525 g/mol. The van der Waals surface area contributed by atoms with Crippen LogP contribution in [-0.4, -0.2) is 28.6 Å². The second-order valence-corrected chi connectivity index (χ2v) is 6.95. The van der Waals surface area contributed by atoms with Crippen molar-refractivity contribution in [3.8, 4) is 5.75 Å². The Morgan fingerprint density at radius 3 is 2.29 bits per heavy atom. The van der Waals surface area contributed by atoms with Crippen molar-refractivity contribution in [3.05, 3.63) is 24.8 Å². The molecular formula is C12H9F2I2O5-. The van der Waals surface area contributed by atoms with E-state index in [9.17, 15) is 28.6 Å². The lowest BCUT2D eigenvalue weighted by molar-refractivity contribution is -0.341. The van der Waals surface area contributed by atoms with Crippen LogP contribution >= 0.6 is 45.2 Å². The summed E-state index contributed by atoms with van der Waals surface area (Å²) in [4.78, 5) is 22.4. The molecule has 1 N–H and O–H groups in total. The molecule has 0 aliphatic rings.